The maximum Gasteiger partial charge on any atom is 1.00 e. The zero-order valence-electron chi connectivity index (χ0n) is 10.1. The Bertz CT molecular complexity index is 471. The van der Waals surface area contributed by atoms with Gasteiger partial charge in [-0.25, -0.2) is 0 Å². The van der Waals surface area contributed by atoms with Gasteiger partial charge in [-0.05, 0) is 18.7 Å². The van der Waals surface area contributed by atoms with Crippen LogP contribution < -0.4 is 29.6 Å². The van der Waals surface area contributed by atoms with E-state index in [-0.39, 0.29) is 36.0 Å². The van der Waals surface area contributed by atoms with Crippen LogP contribution in [0.15, 0.2) is 24.5 Å². The molecule has 84 valence electrons. The number of hydrogen-bond acceptors (Lipinski definition) is 3. The molecule has 2 aromatic rings. The first-order chi connectivity index (χ1) is 7.67. The van der Waals surface area contributed by atoms with Gasteiger partial charge in [0.1, 0.15) is 0 Å². The second kappa shape index (κ2) is 8.00. The molecule has 2 aromatic heterocycles. The summed E-state index contributed by atoms with van der Waals surface area (Å²) < 4.78 is 1.65. The van der Waals surface area contributed by atoms with Gasteiger partial charge in [-0.1, -0.05) is 24.0 Å². The fourth-order valence-electron chi connectivity index (χ4n) is 1.18. The Hall–Kier alpha value is -1.17. The van der Waals surface area contributed by atoms with Crippen molar-refractivity contribution >= 4 is 6.47 Å². The van der Waals surface area contributed by atoms with Crippen molar-refractivity contribution in [3.8, 4) is 11.3 Å². The second-order valence-electron chi connectivity index (χ2n) is 3.12. The predicted molar refractivity (Wildman–Crippen MR) is 58.7 cm³/mol. The van der Waals surface area contributed by atoms with Crippen LogP contribution in [0.1, 0.15) is 5.56 Å². The third kappa shape index (κ3) is 5.12. The van der Waals surface area contributed by atoms with Crippen LogP contribution in [-0.2, 0) is 11.8 Å². The van der Waals surface area contributed by atoms with Crippen molar-refractivity contribution in [2.75, 3.05) is 0 Å². The van der Waals surface area contributed by atoms with Crippen molar-refractivity contribution in [3.63, 3.8) is 0 Å². The minimum Gasteiger partial charge on any atom is -0.483 e. The molecule has 2 rings (SSSR count). The topological polar surface area (TPSA) is 68.0 Å². The number of aryl methyl sites for hydroxylation is 2. The Morgan fingerprint density at radius 2 is 2.18 bits per heavy atom. The van der Waals surface area contributed by atoms with Gasteiger partial charge in [0.15, 0.2) is 0 Å². The Labute approximate surface area is 122 Å². The van der Waals surface area contributed by atoms with E-state index >= 15 is 0 Å². The van der Waals surface area contributed by atoms with Crippen molar-refractivity contribution in [2.24, 2.45) is 7.05 Å². The molecule has 5 nitrogen and oxygen atoms in total. The molecule has 0 fully saturated rings. The smallest absolute Gasteiger partial charge is 0.483 e. The van der Waals surface area contributed by atoms with Gasteiger partial charge in [0.25, 0.3) is 6.47 Å². The molecule has 0 atom stereocenters. The van der Waals surface area contributed by atoms with Crippen molar-refractivity contribution in [1.29, 1.82) is 0 Å². The van der Waals surface area contributed by atoms with Gasteiger partial charge in [0.05, 0.1) is 0 Å². The van der Waals surface area contributed by atoms with E-state index in [9.17, 15) is 0 Å². The normalized spacial score (nSPS) is 8.59. The number of rotatable bonds is 1. The number of carboxylic acid groups (broad SMARTS) is 1. The summed E-state index contributed by atoms with van der Waals surface area (Å²) in [7, 11) is 1.85. The summed E-state index contributed by atoms with van der Waals surface area (Å²) in [6.07, 6.45) is 6.63. The summed E-state index contributed by atoms with van der Waals surface area (Å²) in [5, 5.41) is 10.9. The van der Waals surface area contributed by atoms with Crippen molar-refractivity contribution in [2.45, 2.75) is 6.92 Å². The van der Waals surface area contributed by atoms with Crippen molar-refractivity contribution < 1.29 is 39.5 Å². The van der Waals surface area contributed by atoms with Crippen LogP contribution >= 0.6 is 0 Å². The molecule has 0 unspecified atom stereocenters. The molecule has 0 aliphatic carbocycles. The molecule has 0 aliphatic rings. The minimum absolute atomic E-state index is 0. The molecular formula is C11H12N3NaO2. The maximum absolute atomic E-state index is 8.36. The summed E-state index contributed by atoms with van der Waals surface area (Å²) in [5.74, 6) is 0. The van der Waals surface area contributed by atoms with Crippen LogP contribution in [-0.4, -0.2) is 26.3 Å². The molecule has 1 N–H and O–H groups in total. The summed E-state index contributed by atoms with van der Waals surface area (Å²) in [4.78, 5) is 12.6. The molecule has 0 spiro atoms. The van der Waals surface area contributed by atoms with E-state index in [1.807, 2.05) is 26.1 Å². The molecule has 0 bridgehead atoms. The molecule has 0 saturated heterocycles. The average molecular weight is 241 g/mol. The van der Waals surface area contributed by atoms with Crippen molar-refractivity contribution in [1.82, 2.24) is 14.8 Å². The SMILES string of the molecule is Cc1ccnc(-c2[c-]n(C)nc2)c1.O=CO.[Na+]. The molecule has 6 heteroatoms. The van der Waals surface area contributed by atoms with E-state index in [1.165, 1.54) is 5.56 Å². The largest absolute Gasteiger partial charge is 1.00 e. The first kappa shape index (κ1) is 15.8. The van der Waals surface area contributed by atoms with Crippen LogP contribution in [0.2, 0.25) is 0 Å². The van der Waals surface area contributed by atoms with Crippen LogP contribution in [0.25, 0.3) is 11.3 Å². The Balaban J connectivity index is 0.000000583. The standard InChI is InChI=1S/C10H10N3.CH2O2.Na/c1-8-3-4-11-10(5-8)9-6-12-13(2)7-9;2-1-3;/h3-6H,1-2H3;1H,(H,2,3);/q-1;;+1. The summed E-state index contributed by atoms with van der Waals surface area (Å²) in [6, 6.07) is 3.99. The van der Waals surface area contributed by atoms with Gasteiger partial charge in [-0.15, -0.1) is 5.56 Å². The van der Waals surface area contributed by atoms with E-state index in [0.29, 0.717) is 0 Å². The summed E-state index contributed by atoms with van der Waals surface area (Å²) >= 11 is 0. The number of aromatic nitrogens is 3. The fraction of sp³-hybridized carbons (Fsp3) is 0.182. The Kier molecular flexibility index (Phi) is 7.45. The van der Waals surface area contributed by atoms with Gasteiger partial charge in [0.2, 0.25) is 0 Å². The van der Waals surface area contributed by atoms with E-state index in [1.54, 1.807) is 17.1 Å². The predicted octanol–water partition coefficient (Wildman–Crippen LogP) is -1.70. The third-order valence-electron chi connectivity index (χ3n) is 1.83. The van der Waals surface area contributed by atoms with E-state index in [4.69, 9.17) is 9.90 Å². The average Bonchev–Trinajstić information content (AvgIpc) is 2.66. The Morgan fingerprint density at radius 3 is 2.65 bits per heavy atom. The van der Waals surface area contributed by atoms with E-state index in [2.05, 4.69) is 16.3 Å². The molecule has 0 aromatic carbocycles. The first-order valence-electron chi connectivity index (χ1n) is 4.59. The number of hydrogen-bond donors (Lipinski definition) is 1. The van der Waals surface area contributed by atoms with Crippen molar-refractivity contribution in [3.05, 3.63) is 36.3 Å². The van der Waals surface area contributed by atoms with Gasteiger partial charge in [0, 0.05) is 13.2 Å². The van der Waals surface area contributed by atoms with Gasteiger partial charge < -0.3 is 14.8 Å². The molecule has 0 amide bonds. The zero-order chi connectivity index (χ0) is 12.0. The number of pyridine rings is 1. The first-order valence-corrected chi connectivity index (χ1v) is 4.59. The zero-order valence-corrected chi connectivity index (χ0v) is 12.1. The molecule has 0 radical (unpaired) electrons. The van der Waals surface area contributed by atoms with E-state index in [0.717, 1.165) is 11.3 Å². The minimum atomic E-state index is -0.250. The Morgan fingerprint density at radius 1 is 1.53 bits per heavy atom. The monoisotopic (exact) mass is 241 g/mol. The van der Waals surface area contributed by atoms with Gasteiger partial charge in [-0.3, -0.25) is 9.89 Å². The molecule has 0 aliphatic heterocycles. The number of nitrogens with zero attached hydrogens (tertiary/aromatic N) is 3. The number of carbonyl (C=O) groups is 1. The summed E-state index contributed by atoms with van der Waals surface area (Å²) in [6.45, 7) is 1.79. The quantitative estimate of drug-likeness (QED) is 0.367. The maximum atomic E-state index is 8.36. The van der Waals surface area contributed by atoms with Crippen LogP contribution in [0.5, 0.6) is 0 Å². The van der Waals surface area contributed by atoms with Crippen LogP contribution in [0.4, 0.5) is 0 Å². The van der Waals surface area contributed by atoms with Gasteiger partial charge in [-0.2, -0.15) is 0 Å². The fourth-order valence-corrected chi connectivity index (χ4v) is 1.18. The molecule has 17 heavy (non-hydrogen) atoms. The van der Waals surface area contributed by atoms with Crippen LogP contribution in [0.3, 0.4) is 0 Å². The molecule has 0 saturated carbocycles. The third-order valence-corrected chi connectivity index (χ3v) is 1.83. The molecule has 2 heterocycles. The van der Waals surface area contributed by atoms with E-state index < -0.39 is 0 Å². The summed E-state index contributed by atoms with van der Waals surface area (Å²) in [5.41, 5.74) is 3.06. The van der Waals surface area contributed by atoms with Crippen LogP contribution in [0, 0.1) is 13.1 Å². The van der Waals surface area contributed by atoms with Gasteiger partial charge >= 0.3 is 29.6 Å². The molecular weight excluding hydrogens is 229 g/mol. The second-order valence-corrected chi connectivity index (χ2v) is 3.12.